The molecule has 3 N–H and O–H groups in total. The molecule has 1 amide bonds. The minimum atomic E-state index is -0.0574. The van der Waals surface area contributed by atoms with Crippen molar-refractivity contribution in [2.24, 2.45) is 5.73 Å². The molecule has 2 atom stereocenters. The van der Waals surface area contributed by atoms with E-state index in [9.17, 15) is 4.79 Å². The highest BCUT2D eigenvalue weighted by Crippen LogP contribution is 1.99. The third kappa shape index (κ3) is 5.15. The quantitative estimate of drug-likeness (QED) is 0.608. The van der Waals surface area contributed by atoms with Crippen molar-refractivity contribution in [3.8, 4) is 12.3 Å². The van der Waals surface area contributed by atoms with E-state index in [1.165, 1.54) is 0 Å². The predicted molar refractivity (Wildman–Crippen MR) is 66.8 cm³/mol. The summed E-state index contributed by atoms with van der Waals surface area (Å²) in [4.78, 5) is 13.6. The Balaban J connectivity index is 4.21. The van der Waals surface area contributed by atoms with Gasteiger partial charge in [0.25, 0.3) is 0 Å². The van der Waals surface area contributed by atoms with E-state index in [-0.39, 0.29) is 18.0 Å². The largest absolute Gasteiger partial charge is 0.343 e. The van der Waals surface area contributed by atoms with Gasteiger partial charge in [-0.3, -0.25) is 10.1 Å². The number of carbonyl (C=O) groups excluding carboxylic acids is 1. The van der Waals surface area contributed by atoms with Crippen LogP contribution in [0.5, 0.6) is 0 Å². The van der Waals surface area contributed by atoms with Crippen molar-refractivity contribution in [2.75, 3.05) is 19.6 Å². The van der Waals surface area contributed by atoms with E-state index in [0.29, 0.717) is 13.0 Å². The zero-order valence-corrected chi connectivity index (χ0v) is 10.5. The van der Waals surface area contributed by atoms with Crippen LogP contribution in [0.15, 0.2) is 0 Å². The van der Waals surface area contributed by atoms with Crippen molar-refractivity contribution in [1.29, 1.82) is 0 Å². The molecule has 92 valence electrons. The number of nitrogens with two attached hydrogens (primary N) is 1. The van der Waals surface area contributed by atoms with Gasteiger partial charge in [0.1, 0.15) is 0 Å². The molecule has 2 unspecified atom stereocenters. The first-order chi connectivity index (χ1) is 7.58. The Labute approximate surface area is 98.6 Å². The number of terminal acetylenes is 1. The van der Waals surface area contributed by atoms with E-state index < -0.39 is 0 Å². The maximum atomic E-state index is 11.8. The molecule has 4 heteroatoms. The third-order valence-corrected chi connectivity index (χ3v) is 2.56. The molecule has 0 spiro atoms. The fourth-order valence-electron chi connectivity index (χ4n) is 1.53. The van der Waals surface area contributed by atoms with Crippen LogP contribution in [0.3, 0.4) is 0 Å². The lowest BCUT2D eigenvalue weighted by Gasteiger charge is -2.23. The van der Waals surface area contributed by atoms with E-state index >= 15 is 0 Å². The summed E-state index contributed by atoms with van der Waals surface area (Å²) in [6, 6.07) is -0.0998. The molecule has 0 aromatic carbocycles. The third-order valence-electron chi connectivity index (χ3n) is 2.56. The summed E-state index contributed by atoms with van der Waals surface area (Å²) in [6.45, 7) is 7.70. The van der Waals surface area contributed by atoms with E-state index in [2.05, 4.69) is 11.2 Å². The molecule has 0 saturated carbocycles. The summed E-state index contributed by atoms with van der Waals surface area (Å²) < 4.78 is 0. The topological polar surface area (TPSA) is 58.4 Å². The summed E-state index contributed by atoms with van der Waals surface area (Å²) in [5, 5.41) is 3.14. The van der Waals surface area contributed by atoms with Gasteiger partial charge in [0, 0.05) is 32.1 Å². The number of hydrogen-bond donors (Lipinski definition) is 2. The van der Waals surface area contributed by atoms with Gasteiger partial charge >= 0.3 is 0 Å². The van der Waals surface area contributed by atoms with Gasteiger partial charge in [-0.2, -0.15) is 0 Å². The maximum absolute atomic E-state index is 11.8. The molecule has 0 rings (SSSR count). The van der Waals surface area contributed by atoms with E-state index in [1.54, 1.807) is 4.90 Å². The summed E-state index contributed by atoms with van der Waals surface area (Å²) in [7, 11) is 0. The van der Waals surface area contributed by atoms with Gasteiger partial charge in [0.15, 0.2) is 0 Å². The number of hydrogen-bond acceptors (Lipinski definition) is 3. The lowest BCUT2D eigenvalue weighted by atomic mass is 10.1. The van der Waals surface area contributed by atoms with Crippen LogP contribution in [0, 0.1) is 12.3 Å². The SMILES string of the molecule is C#CC(C)NC(CN)CC(=O)N(CC)CC. The molecule has 0 heterocycles. The number of nitrogens with one attached hydrogen (secondary N) is 1. The molecule has 0 aromatic heterocycles. The Morgan fingerprint density at radius 2 is 2.06 bits per heavy atom. The fourth-order valence-corrected chi connectivity index (χ4v) is 1.53. The molecule has 0 bridgehead atoms. The molecule has 0 aliphatic carbocycles. The number of carbonyl (C=O) groups is 1. The van der Waals surface area contributed by atoms with Crippen molar-refractivity contribution < 1.29 is 4.79 Å². The lowest BCUT2D eigenvalue weighted by Crippen LogP contribution is -2.45. The van der Waals surface area contributed by atoms with E-state index in [4.69, 9.17) is 12.2 Å². The van der Waals surface area contributed by atoms with Crippen molar-refractivity contribution >= 4 is 5.91 Å². The zero-order chi connectivity index (χ0) is 12.6. The van der Waals surface area contributed by atoms with Crippen LogP contribution in [0.25, 0.3) is 0 Å². The average molecular weight is 225 g/mol. The van der Waals surface area contributed by atoms with Gasteiger partial charge in [-0.05, 0) is 20.8 Å². The highest BCUT2D eigenvalue weighted by Gasteiger charge is 2.17. The number of nitrogens with zero attached hydrogens (tertiary/aromatic N) is 1. The molecular weight excluding hydrogens is 202 g/mol. The molecule has 0 radical (unpaired) electrons. The normalized spacial score (nSPS) is 13.9. The van der Waals surface area contributed by atoms with Crippen LogP contribution < -0.4 is 11.1 Å². The second-order valence-corrected chi connectivity index (χ2v) is 3.76. The monoisotopic (exact) mass is 225 g/mol. The van der Waals surface area contributed by atoms with Crippen LogP contribution in [0.1, 0.15) is 27.2 Å². The predicted octanol–water partition coefficient (Wildman–Crippen LogP) is 0.184. The maximum Gasteiger partial charge on any atom is 0.224 e. The Morgan fingerprint density at radius 3 is 2.44 bits per heavy atom. The van der Waals surface area contributed by atoms with Gasteiger partial charge in [0.2, 0.25) is 5.91 Å². The minimum Gasteiger partial charge on any atom is -0.343 e. The van der Waals surface area contributed by atoms with Crippen LogP contribution in [-0.4, -0.2) is 42.5 Å². The Morgan fingerprint density at radius 1 is 1.50 bits per heavy atom. The molecule has 0 aromatic rings. The lowest BCUT2D eigenvalue weighted by molar-refractivity contribution is -0.131. The zero-order valence-electron chi connectivity index (χ0n) is 10.5. The first-order valence-electron chi connectivity index (χ1n) is 5.78. The summed E-state index contributed by atoms with van der Waals surface area (Å²) in [5.41, 5.74) is 5.61. The van der Waals surface area contributed by atoms with Gasteiger partial charge in [-0.25, -0.2) is 0 Å². The van der Waals surface area contributed by atoms with Gasteiger partial charge in [0.05, 0.1) is 6.04 Å². The highest BCUT2D eigenvalue weighted by molar-refractivity contribution is 5.76. The van der Waals surface area contributed by atoms with Gasteiger partial charge in [-0.1, -0.05) is 5.92 Å². The van der Waals surface area contributed by atoms with Crippen LogP contribution >= 0.6 is 0 Å². The second-order valence-electron chi connectivity index (χ2n) is 3.76. The van der Waals surface area contributed by atoms with Crippen molar-refractivity contribution in [3.05, 3.63) is 0 Å². The standard InChI is InChI=1S/C12H23N3O/c1-5-10(4)14-11(9-13)8-12(16)15(6-2)7-3/h1,10-11,14H,6-9,13H2,2-4H3. The summed E-state index contributed by atoms with van der Waals surface area (Å²) in [5.74, 6) is 2.69. The van der Waals surface area contributed by atoms with Crippen molar-refractivity contribution in [2.45, 2.75) is 39.3 Å². The molecular formula is C12H23N3O. The smallest absolute Gasteiger partial charge is 0.224 e. The highest BCUT2D eigenvalue weighted by atomic mass is 16.2. The molecule has 0 fully saturated rings. The van der Waals surface area contributed by atoms with Crippen LogP contribution in [0.2, 0.25) is 0 Å². The molecule has 4 nitrogen and oxygen atoms in total. The second kappa shape index (κ2) is 8.14. The van der Waals surface area contributed by atoms with Gasteiger partial charge in [-0.15, -0.1) is 6.42 Å². The molecule has 0 saturated heterocycles. The summed E-state index contributed by atoms with van der Waals surface area (Å²) in [6.07, 6.45) is 5.68. The van der Waals surface area contributed by atoms with Crippen LogP contribution in [0.4, 0.5) is 0 Å². The van der Waals surface area contributed by atoms with E-state index in [1.807, 2.05) is 20.8 Å². The van der Waals surface area contributed by atoms with Crippen molar-refractivity contribution in [3.63, 3.8) is 0 Å². The summed E-state index contributed by atoms with van der Waals surface area (Å²) >= 11 is 0. The first kappa shape index (κ1) is 14.9. The number of amides is 1. The average Bonchev–Trinajstić information content (AvgIpc) is 2.29. The Hall–Kier alpha value is -1.05. The molecule has 16 heavy (non-hydrogen) atoms. The Bertz CT molecular complexity index is 243. The van der Waals surface area contributed by atoms with E-state index in [0.717, 1.165) is 13.1 Å². The first-order valence-corrected chi connectivity index (χ1v) is 5.78. The van der Waals surface area contributed by atoms with Crippen LogP contribution in [-0.2, 0) is 4.79 Å². The molecule has 0 aliphatic rings. The number of rotatable bonds is 7. The van der Waals surface area contributed by atoms with Crippen molar-refractivity contribution in [1.82, 2.24) is 10.2 Å². The molecule has 0 aliphatic heterocycles. The van der Waals surface area contributed by atoms with Gasteiger partial charge < -0.3 is 10.6 Å². The fraction of sp³-hybridized carbons (Fsp3) is 0.750. The Kier molecular flexibility index (Phi) is 7.61. The minimum absolute atomic E-state index is 0.0425.